The molecule has 1 saturated heterocycles. The Morgan fingerprint density at radius 3 is 1.75 bits per heavy atom. The Hall–Kier alpha value is -5.92. The minimum atomic E-state index is -0.307. The normalized spacial score (nSPS) is 14.2. The first kappa shape index (κ1) is 40.8. The van der Waals surface area contributed by atoms with E-state index < -0.39 is 0 Å². The van der Waals surface area contributed by atoms with Crippen molar-refractivity contribution >= 4 is 99.7 Å². The van der Waals surface area contributed by atoms with Crippen LogP contribution in [0.15, 0.2) is 135 Å². The lowest BCUT2D eigenvalue weighted by atomic mass is 9.82. The number of aromatic nitrogens is 11. The van der Waals surface area contributed by atoms with E-state index in [2.05, 4.69) is 77.6 Å². The number of fused-ring (bicyclic) bond motifs is 7. The van der Waals surface area contributed by atoms with Crippen LogP contribution < -0.4 is 16.8 Å². The molecule has 60 heavy (non-hydrogen) atoms. The van der Waals surface area contributed by atoms with Gasteiger partial charge in [0.2, 0.25) is 0 Å². The summed E-state index contributed by atoms with van der Waals surface area (Å²) in [6.07, 6.45) is 12.3. The van der Waals surface area contributed by atoms with Crippen molar-refractivity contribution in [3.8, 4) is 11.1 Å². The number of halogens is 3. The Morgan fingerprint density at radius 2 is 1.18 bits per heavy atom. The first-order valence-corrected chi connectivity index (χ1v) is 20.4. The predicted molar refractivity (Wildman–Crippen MR) is 241 cm³/mol. The first-order chi connectivity index (χ1) is 28.8. The van der Waals surface area contributed by atoms with Crippen LogP contribution in [0.4, 0.5) is 0 Å². The summed E-state index contributed by atoms with van der Waals surface area (Å²) < 4.78 is 16.6. The smallest absolute Gasteiger partial charge is 0.399 e. The van der Waals surface area contributed by atoms with E-state index in [1.165, 1.54) is 8.80 Å². The monoisotopic (exact) mass is 949 g/mol. The van der Waals surface area contributed by atoms with Gasteiger partial charge in [0.15, 0.2) is 11.3 Å². The number of aromatic amines is 4. The highest BCUT2D eigenvalue weighted by Gasteiger charge is 2.52. The van der Waals surface area contributed by atoms with Gasteiger partial charge in [0.25, 0.3) is 0 Å². The quantitative estimate of drug-likeness (QED) is 0.0988. The van der Waals surface area contributed by atoms with Crippen LogP contribution in [0.1, 0.15) is 27.7 Å². The fraction of sp³-hybridized carbons (Fsp3) is 0.146. The minimum absolute atomic E-state index is 0.216. The van der Waals surface area contributed by atoms with Gasteiger partial charge >= 0.3 is 18.5 Å². The molecular formula is C41H35BBr2ClN11O4. The van der Waals surface area contributed by atoms with E-state index >= 15 is 0 Å². The number of H-pyrrole nitrogens is 4. The molecule has 19 heteroatoms. The summed E-state index contributed by atoms with van der Waals surface area (Å²) in [5.41, 5.74) is 3.24. The van der Waals surface area contributed by atoms with Crippen molar-refractivity contribution in [2.24, 2.45) is 0 Å². The lowest BCUT2D eigenvalue weighted by Gasteiger charge is -2.32. The standard InChI is InChI=1S/C13H9N5O.C10H6BrN3O.C9H15BN2O2.C9H5BrClN/c19-13-17-16-12-11-5-9(10-6-14-15-7-10)2-1-8(11)3-4-18(12)13;11-7-2-1-6-3-4-14-9(8(6)5-7)12-13-10(14)15;1-8(2)9(3,4)14-10(13-8)7-5-11-12-6-7;10-7-2-1-6-3-4-12-9(11)8(6)5-7/h1-7H,(H,14,15)(H,17,19);1-5H,(H,13,15);5-6H,1-4H3,(H,11,12);1-5H. The highest BCUT2D eigenvalue weighted by atomic mass is 79.9. The van der Waals surface area contributed by atoms with Crippen LogP contribution in [0, 0.1) is 0 Å². The van der Waals surface area contributed by atoms with Crippen molar-refractivity contribution in [1.82, 2.24) is 54.6 Å². The van der Waals surface area contributed by atoms with E-state index in [0.29, 0.717) is 16.4 Å². The van der Waals surface area contributed by atoms with E-state index in [4.69, 9.17) is 20.9 Å². The maximum atomic E-state index is 11.6. The van der Waals surface area contributed by atoms with E-state index in [1.807, 2.05) is 107 Å². The number of hydrogen-bond donors (Lipinski definition) is 4. The molecule has 0 amide bonds. The van der Waals surface area contributed by atoms with Crippen LogP contribution in [-0.4, -0.2) is 72.9 Å². The molecule has 0 saturated carbocycles. The molecule has 302 valence electrons. The van der Waals surface area contributed by atoms with E-state index in [1.54, 1.807) is 37.2 Å². The first-order valence-electron chi connectivity index (χ1n) is 18.5. The summed E-state index contributed by atoms with van der Waals surface area (Å²) in [6.45, 7) is 8.14. The van der Waals surface area contributed by atoms with Crippen molar-refractivity contribution in [3.63, 3.8) is 0 Å². The van der Waals surface area contributed by atoms with E-state index in [0.717, 1.165) is 57.9 Å². The Bertz CT molecular complexity index is 3220. The van der Waals surface area contributed by atoms with Crippen molar-refractivity contribution in [2.45, 2.75) is 38.9 Å². The third-order valence-corrected chi connectivity index (χ3v) is 11.6. The van der Waals surface area contributed by atoms with E-state index in [-0.39, 0.29) is 29.7 Å². The number of rotatable bonds is 2. The Labute approximate surface area is 362 Å². The van der Waals surface area contributed by atoms with Crippen molar-refractivity contribution in [1.29, 1.82) is 0 Å². The topological polar surface area (TPSA) is 189 Å². The van der Waals surface area contributed by atoms with Gasteiger partial charge in [0, 0.05) is 73.3 Å². The van der Waals surface area contributed by atoms with Gasteiger partial charge in [-0.15, -0.1) is 0 Å². The third kappa shape index (κ3) is 8.29. The number of benzene rings is 3. The zero-order valence-electron chi connectivity index (χ0n) is 32.4. The third-order valence-electron chi connectivity index (χ3n) is 10.3. The molecule has 1 aliphatic heterocycles. The molecular weight excluding hydrogens is 917 g/mol. The highest BCUT2D eigenvalue weighted by Crippen LogP contribution is 2.36. The molecule has 7 aromatic heterocycles. The van der Waals surface area contributed by atoms with Crippen LogP contribution in [0.3, 0.4) is 0 Å². The fourth-order valence-corrected chi connectivity index (χ4v) is 7.34. The van der Waals surface area contributed by atoms with Crippen LogP contribution >= 0.6 is 43.5 Å². The lowest BCUT2D eigenvalue weighted by Crippen LogP contribution is -2.41. The molecule has 0 bridgehead atoms. The molecule has 10 aromatic rings. The molecule has 11 rings (SSSR count). The maximum Gasteiger partial charge on any atom is 0.498 e. The van der Waals surface area contributed by atoms with Gasteiger partial charge in [-0.1, -0.05) is 67.7 Å². The van der Waals surface area contributed by atoms with Crippen molar-refractivity contribution in [2.75, 3.05) is 0 Å². The Balaban J connectivity index is 0.000000113. The van der Waals surface area contributed by atoms with Gasteiger partial charge in [-0.2, -0.15) is 20.4 Å². The summed E-state index contributed by atoms with van der Waals surface area (Å²) in [5, 5.41) is 32.9. The van der Waals surface area contributed by atoms with Gasteiger partial charge in [-0.3, -0.25) is 10.2 Å². The molecule has 0 radical (unpaired) electrons. The lowest BCUT2D eigenvalue weighted by molar-refractivity contribution is 0.00578. The van der Waals surface area contributed by atoms with Gasteiger partial charge < -0.3 is 9.31 Å². The predicted octanol–water partition coefficient (Wildman–Crippen LogP) is 7.86. The summed E-state index contributed by atoms with van der Waals surface area (Å²) in [6, 6.07) is 23.6. The number of hydrogen-bond acceptors (Lipinski definition) is 9. The molecule has 1 aliphatic rings. The molecule has 15 nitrogen and oxygen atoms in total. The average Bonchev–Trinajstić information content (AvgIpc) is 4.09. The van der Waals surface area contributed by atoms with Crippen LogP contribution in [-0.2, 0) is 9.31 Å². The summed E-state index contributed by atoms with van der Waals surface area (Å²) in [4.78, 5) is 26.9. The van der Waals surface area contributed by atoms with Gasteiger partial charge in [-0.05, 0) is 97.9 Å². The van der Waals surface area contributed by atoms with Crippen molar-refractivity contribution < 1.29 is 9.31 Å². The van der Waals surface area contributed by atoms with Crippen molar-refractivity contribution in [3.05, 3.63) is 151 Å². The second-order valence-electron chi connectivity index (χ2n) is 14.7. The van der Waals surface area contributed by atoms with E-state index in [9.17, 15) is 9.59 Å². The summed E-state index contributed by atoms with van der Waals surface area (Å²) in [7, 11) is -0.307. The second-order valence-corrected chi connectivity index (χ2v) is 16.9. The number of nitrogens with one attached hydrogen (secondary N) is 4. The molecule has 0 atom stereocenters. The average molecular weight is 952 g/mol. The van der Waals surface area contributed by atoms with Crippen LogP contribution in [0.2, 0.25) is 5.15 Å². The molecule has 0 unspecified atom stereocenters. The largest absolute Gasteiger partial charge is 0.498 e. The highest BCUT2D eigenvalue weighted by molar-refractivity contribution is 9.10. The number of pyridine rings is 3. The summed E-state index contributed by atoms with van der Waals surface area (Å²) in [5.74, 6) is 0. The number of nitrogens with zero attached hydrogens (tertiary/aromatic N) is 7. The molecule has 8 heterocycles. The van der Waals surface area contributed by atoms with Crippen LogP contribution in [0.25, 0.3) is 54.7 Å². The zero-order valence-corrected chi connectivity index (χ0v) is 36.4. The molecule has 4 N–H and O–H groups in total. The second kappa shape index (κ2) is 16.6. The van der Waals surface area contributed by atoms with Gasteiger partial charge in [0.05, 0.1) is 17.4 Å². The zero-order chi connectivity index (χ0) is 42.2. The van der Waals surface area contributed by atoms with Gasteiger partial charge in [0.1, 0.15) is 5.15 Å². The fourth-order valence-electron chi connectivity index (χ4n) is 6.40. The molecule has 0 aliphatic carbocycles. The SMILES string of the molecule is CC1(C)OB(c2cn[nH]c2)OC1(C)C.Clc1nccc2ccc(Br)cc12.O=c1[nH]nc2c3cc(-c4cn[nH]c4)ccc3ccn12.O=c1[nH]nc2c3cc(Br)ccc3ccn12. The molecule has 1 fully saturated rings. The summed E-state index contributed by atoms with van der Waals surface area (Å²) >= 11 is 12.7. The minimum Gasteiger partial charge on any atom is -0.399 e. The Morgan fingerprint density at radius 1 is 0.650 bits per heavy atom. The van der Waals surface area contributed by atoms with Crippen LogP contribution in [0.5, 0.6) is 0 Å². The maximum absolute atomic E-state index is 11.6. The van der Waals surface area contributed by atoms with Gasteiger partial charge in [-0.25, -0.2) is 33.6 Å². The molecule has 3 aromatic carbocycles. The molecule has 0 spiro atoms. The Kier molecular flexibility index (Phi) is 11.3.